The summed E-state index contributed by atoms with van der Waals surface area (Å²) in [5.74, 6) is 0.586. The molecule has 0 aliphatic heterocycles. The quantitative estimate of drug-likeness (QED) is 0.785. The average Bonchev–Trinajstić information content (AvgIpc) is 2.60. The third kappa shape index (κ3) is 4.71. The highest BCUT2D eigenvalue weighted by Gasteiger charge is 2.17. The molecule has 8 heteroatoms. The molecule has 2 aromatic carbocycles. The minimum Gasteiger partial charge on any atom is -0.496 e. The van der Waals surface area contributed by atoms with Gasteiger partial charge in [-0.2, -0.15) is 0 Å². The van der Waals surface area contributed by atoms with Crippen LogP contribution >= 0.6 is 0 Å². The number of ether oxygens (including phenoxy) is 2. The Kier molecular flexibility index (Phi) is 6.00. The molecule has 7 nitrogen and oxygen atoms in total. The van der Waals surface area contributed by atoms with Gasteiger partial charge in [0, 0.05) is 25.1 Å². The van der Waals surface area contributed by atoms with Crippen LogP contribution in [0.15, 0.2) is 47.4 Å². The average molecular weight is 364 g/mol. The standard InChI is InChI=1S/C17H20N2O5S/c1-12(20)19-15-9-8-14(10-17(15)24-3)25(21,22)18-11-13-6-4-5-7-16(13)23-2/h4-10,18H,11H2,1-3H3,(H,19,20). The third-order valence-corrected chi connectivity index (χ3v) is 4.84. The molecule has 0 atom stereocenters. The summed E-state index contributed by atoms with van der Waals surface area (Å²) in [5, 5.41) is 2.58. The molecule has 2 rings (SSSR count). The van der Waals surface area contributed by atoms with E-state index in [4.69, 9.17) is 9.47 Å². The van der Waals surface area contributed by atoms with Gasteiger partial charge in [0.2, 0.25) is 15.9 Å². The summed E-state index contributed by atoms with van der Waals surface area (Å²) >= 11 is 0. The van der Waals surface area contributed by atoms with Gasteiger partial charge in [-0.15, -0.1) is 0 Å². The first-order valence-corrected chi connectivity index (χ1v) is 8.93. The molecule has 134 valence electrons. The van der Waals surface area contributed by atoms with Crippen molar-refractivity contribution in [2.75, 3.05) is 19.5 Å². The molecule has 0 aliphatic carbocycles. The fraction of sp³-hybridized carbons (Fsp3) is 0.235. The maximum absolute atomic E-state index is 12.5. The second kappa shape index (κ2) is 8.00. The highest BCUT2D eigenvalue weighted by atomic mass is 32.2. The molecule has 0 unspecified atom stereocenters. The number of methoxy groups -OCH3 is 2. The Hall–Kier alpha value is -2.58. The maximum atomic E-state index is 12.5. The predicted octanol–water partition coefficient (Wildman–Crippen LogP) is 2.14. The van der Waals surface area contributed by atoms with Gasteiger partial charge in [-0.25, -0.2) is 13.1 Å². The van der Waals surface area contributed by atoms with Gasteiger partial charge in [-0.05, 0) is 18.2 Å². The van der Waals surface area contributed by atoms with E-state index in [0.29, 0.717) is 11.4 Å². The zero-order chi connectivity index (χ0) is 18.4. The number of hydrogen-bond donors (Lipinski definition) is 2. The molecular formula is C17H20N2O5S. The Morgan fingerprint density at radius 3 is 2.36 bits per heavy atom. The second-order valence-corrected chi connectivity index (χ2v) is 6.95. The lowest BCUT2D eigenvalue weighted by Crippen LogP contribution is -2.23. The SMILES string of the molecule is COc1ccccc1CNS(=O)(=O)c1ccc(NC(C)=O)c(OC)c1. The van der Waals surface area contributed by atoms with Crippen molar-refractivity contribution in [3.8, 4) is 11.5 Å². The molecule has 0 heterocycles. The van der Waals surface area contributed by atoms with Crippen LogP contribution in [-0.2, 0) is 21.4 Å². The normalized spacial score (nSPS) is 11.0. The highest BCUT2D eigenvalue weighted by Crippen LogP contribution is 2.28. The lowest BCUT2D eigenvalue weighted by Gasteiger charge is -2.13. The molecule has 0 aromatic heterocycles. The van der Waals surface area contributed by atoms with Gasteiger partial charge in [-0.1, -0.05) is 18.2 Å². The summed E-state index contributed by atoms with van der Waals surface area (Å²) in [4.78, 5) is 11.2. The molecule has 0 saturated heterocycles. The first-order chi connectivity index (χ1) is 11.9. The van der Waals surface area contributed by atoms with Crippen molar-refractivity contribution in [1.82, 2.24) is 4.72 Å². The molecule has 0 radical (unpaired) electrons. The minimum atomic E-state index is -3.76. The number of amides is 1. The predicted molar refractivity (Wildman–Crippen MR) is 94.3 cm³/mol. The fourth-order valence-corrected chi connectivity index (χ4v) is 3.26. The minimum absolute atomic E-state index is 0.0355. The van der Waals surface area contributed by atoms with Gasteiger partial charge >= 0.3 is 0 Å². The second-order valence-electron chi connectivity index (χ2n) is 5.18. The van der Waals surface area contributed by atoms with Gasteiger partial charge in [0.25, 0.3) is 0 Å². The summed E-state index contributed by atoms with van der Waals surface area (Å²) < 4.78 is 37.9. The van der Waals surface area contributed by atoms with Crippen LogP contribution in [0.25, 0.3) is 0 Å². The van der Waals surface area contributed by atoms with Crippen molar-refractivity contribution in [3.63, 3.8) is 0 Å². The number of benzene rings is 2. The monoisotopic (exact) mass is 364 g/mol. The van der Waals surface area contributed by atoms with Crippen molar-refractivity contribution in [3.05, 3.63) is 48.0 Å². The zero-order valence-corrected chi connectivity index (χ0v) is 15.0. The molecule has 0 aliphatic rings. The number of hydrogen-bond acceptors (Lipinski definition) is 5. The number of para-hydroxylation sites is 1. The van der Waals surface area contributed by atoms with Crippen LogP contribution in [0.3, 0.4) is 0 Å². The van der Waals surface area contributed by atoms with Crippen LogP contribution in [0, 0.1) is 0 Å². The third-order valence-electron chi connectivity index (χ3n) is 3.44. The Morgan fingerprint density at radius 2 is 1.72 bits per heavy atom. The van der Waals surface area contributed by atoms with Crippen molar-refractivity contribution < 1.29 is 22.7 Å². The Labute approximate surface area is 147 Å². The molecular weight excluding hydrogens is 344 g/mol. The van der Waals surface area contributed by atoms with E-state index in [9.17, 15) is 13.2 Å². The number of carbonyl (C=O) groups excluding carboxylic acids is 1. The van der Waals surface area contributed by atoms with Gasteiger partial charge in [0.05, 0.1) is 24.8 Å². The molecule has 2 N–H and O–H groups in total. The zero-order valence-electron chi connectivity index (χ0n) is 14.2. The molecule has 0 fully saturated rings. The maximum Gasteiger partial charge on any atom is 0.241 e. The van der Waals surface area contributed by atoms with E-state index < -0.39 is 10.0 Å². The lowest BCUT2D eigenvalue weighted by molar-refractivity contribution is -0.114. The number of sulfonamides is 1. The van der Waals surface area contributed by atoms with E-state index in [1.54, 1.807) is 18.2 Å². The number of anilines is 1. The highest BCUT2D eigenvalue weighted by molar-refractivity contribution is 7.89. The van der Waals surface area contributed by atoms with Crippen molar-refractivity contribution in [2.45, 2.75) is 18.4 Å². The summed E-state index contributed by atoms with van der Waals surface area (Å²) in [6, 6.07) is 11.4. The van der Waals surface area contributed by atoms with Crippen molar-refractivity contribution in [1.29, 1.82) is 0 Å². The molecule has 0 bridgehead atoms. The van der Waals surface area contributed by atoms with Crippen LogP contribution in [0.4, 0.5) is 5.69 Å². The molecule has 2 aromatic rings. The smallest absolute Gasteiger partial charge is 0.241 e. The van der Waals surface area contributed by atoms with Crippen molar-refractivity contribution >= 4 is 21.6 Å². The van der Waals surface area contributed by atoms with E-state index in [-0.39, 0.29) is 23.1 Å². The van der Waals surface area contributed by atoms with Crippen LogP contribution < -0.4 is 19.5 Å². The van der Waals surface area contributed by atoms with Gasteiger partial charge < -0.3 is 14.8 Å². The largest absolute Gasteiger partial charge is 0.496 e. The Morgan fingerprint density at radius 1 is 1.04 bits per heavy atom. The van der Waals surface area contributed by atoms with Crippen LogP contribution in [0.2, 0.25) is 0 Å². The van der Waals surface area contributed by atoms with E-state index in [2.05, 4.69) is 10.0 Å². The van der Waals surface area contributed by atoms with Crippen LogP contribution in [0.1, 0.15) is 12.5 Å². The van der Waals surface area contributed by atoms with Gasteiger partial charge in [0.15, 0.2) is 0 Å². The van der Waals surface area contributed by atoms with Crippen LogP contribution in [0.5, 0.6) is 11.5 Å². The van der Waals surface area contributed by atoms with Gasteiger partial charge in [-0.3, -0.25) is 4.79 Å². The molecule has 1 amide bonds. The molecule has 25 heavy (non-hydrogen) atoms. The van der Waals surface area contributed by atoms with E-state index in [1.165, 1.54) is 39.3 Å². The summed E-state index contributed by atoms with van der Waals surface area (Å²) in [6.45, 7) is 1.45. The topological polar surface area (TPSA) is 93.7 Å². The number of rotatable bonds is 7. The number of carbonyl (C=O) groups is 1. The fourth-order valence-electron chi connectivity index (χ4n) is 2.24. The van der Waals surface area contributed by atoms with Crippen LogP contribution in [-0.4, -0.2) is 28.5 Å². The van der Waals surface area contributed by atoms with E-state index in [0.717, 1.165) is 5.56 Å². The summed E-state index contributed by atoms with van der Waals surface area (Å²) in [5.41, 5.74) is 1.12. The van der Waals surface area contributed by atoms with Crippen molar-refractivity contribution in [2.24, 2.45) is 0 Å². The van der Waals surface area contributed by atoms with E-state index in [1.807, 2.05) is 6.07 Å². The number of nitrogens with one attached hydrogen (secondary N) is 2. The first-order valence-electron chi connectivity index (χ1n) is 7.44. The van der Waals surface area contributed by atoms with E-state index >= 15 is 0 Å². The lowest BCUT2D eigenvalue weighted by atomic mass is 10.2. The summed E-state index contributed by atoms with van der Waals surface area (Å²) in [7, 11) is -0.831. The summed E-state index contributed by atoms with van der Waals surface area (Å²) in [6.07, 6.45) is 0. The molecule has 0 saturated carbocycles. The Balaban J connectivity index is 2.23. The van der Waals surface area contributed by atoms with Gasteiger partial charge in [0.1, 0.15) is 11.5 Å². The Bertz CT molecular complexity index is 865. The molecule has 0 spiro atoms. The first kappa shape index (κ1) is 18.8.